The molecule has 1 N–H and O–H groups in total. The zero-order valence-corrected chi connectivity index (χ0v) is 19.1. The Labute approximate surface area is 192 Å². The summed E-state index contributed by atoms with van der Waals surface area (Å²) in [6, 6.07) is 10.6. The number of ether oxygens (including phenoxy) is 1. The maximum Gasteiger partial charge on any atom is 0.338 e. The van der Waals surface area contributed by atoms with Crippen LogP contribution in [0.4, 0.5) is 11.5 Å². The first-order valence-corrected chi connectivity index (χ1v) is 11.1. The Bertz CT molecular complexity index is 1140. The highest BCUT2D eigenvalue weighted by Crippen LogP contribution is 2.25. The Morgan fingerprint density at radius 1 is 1.09 bits per heavy atom. The summed E-state index contributed by atoms with van der Waals surface area (Å²) in [5.74, 6) is 0.920. The van der Waals surface area contributed by atoms with Crippen LogP contribution in [0.1, 0.15) is 41.5 Å². The number of nitrogens with one attached hydrogen (secondary N) is 1. The second-order valence-corrected chi connectivity index (χ2v) is 8.23. The number of amides is 1. The molecule has 9 nitrogen and oxygen atoms in total. The fourth-order valence-corrected chi connectivity index (χ4v) is 3.64. The SMILES string of the molecule is CCCCOC(=O)c1ccc(NC(=O)C2CN(c3cc(-n4nc(C)cc4C)ncn3)C2)cc1. The molecule has 33 heavy (non-hydrogen) atoms. The lowest BCUT2D eigenvalue weighted by Gasteiger charge is -2.39. The van der Waals surface area contributed by atoms with Crippen LogP contribution in [0.25, 0.3) is 5.82 Å². The van der Waals surface area contributed by atoms with E-state index in [1.165, 1.54) is 6.33 Å². The maximum atomic E-state index is 12.6. The van der Waals surface area contributed by atoms with Gasteiger partial charge in [0.25, 0.3) is 0 Å². The van der Waals surface area contributed by atoms with Gasteiger partial charge in [0.15, 0.2) is 5.82 Å². The Kier molecular flexibility index (Phi) is 6.67. The number of nitrogens with zero attached hydrogens (tertiary/aromatic N) is 5. The van der Waals surface area contributed by atoms with Crippen LogP contribution in [0.5, 0.6) is 0 Å². The maximum absolute atomic E-state index is 12.6. The smallest absolute Gasteiger partial charge is 0.338 e. The normalized spacial score (nSPS) is 13.5. The molecule has 0 atom stereocenters. The largest absolute Gasteiger partial charge is 0.462 e. The molecule has 0 spiro atoms. The number of aryl methyl sites for hydroxylation is 2. The van der Waals surface area contributed by atoms with E-state index in [1.807, 2.05) is 37.8 Å². The number of hydrogen-bond acceptors (Lipinski definition) is 7. The third-order valence-corrected chi connectivity index (χ3v) is 5.56. The number of rotatable bonds is 8. The quantitative estimate of drug-likeness (QED) is 0.417. The summed E-state index contributed by atoms with van der Waals surface area (Å²) in [4.78, 5) is 35.3. The standard InChI is InChI=1S/C24H28N6O3/c1-4-5-10-33-24(32)18-6-8-20(9-7-18)27-23(31)19-13-29(14-19)21-12-22(26-15-25-21)30-17(3)11-16(2)28-30/h6-9,11-12,15,19H,4-5,10,13-14H2,1-3H3,(H,27,31). The zero-order valence-electron chi connectivity index (χ0n) is 19.1. The summed E-state index contributed by atoms with van der Waals surface area (Å²) in [5.41, 5.74) is 3.05. The van der Waals surface area contributed by atoms with Crippen LogP contribution < -0.4 is 10.2 Å². The van der Waals surface area contributed by atoms with Gasteiger partial charge in [-0.05, 0) is 50.6 Å². The fourth-order valence-electron chi connectivity index (χ4n) is 3.64. The predicted molar refractivity (Wildman–Crippen MR) is 125 cm³/mol. The number of unbranched alkanes of at least 4 members (excludes halogenated alkanes) is 1. The Morgan fingerprint density at radius 2 is 1.82 bits per heavy atom. The van der Waals surface area contributed by atoms with Gasteiger partial charge in [-0.2, -0.15) is 5.10 Å². The molecule has 4 rings (SSSR count). The molecule has 1 fully saturated rings. The minimum Gasteiger partial charge on any atom is -0.462 e. The molecular formula is C24H28N6O3. The predicted octanol–water partition coefficient (Wildman–Crippen LogP) is 3.31. The average Bonchev–Trinajstić information content (AvgIpc) is 3.11. The molecule has 9 heteroatoms. The van der Waals surface area contributed by atoms with Gasteiger partial charge in [0.1, 0.15) is 12.1 Å². The summed E-state index contributed by atoms with van der Waals surface area (Å²) in [6.45, 7) is 7.52. The number of aromatic nitrogens is 4. The fraction of sp³-hybridized carbons (Fsp3) is 0.375. The monoisotopic (exact) mass is 448 g/mol. The molecule has 172 valence electrons. The minimum atomic E-state index is -0.347. The van der Waals surface area contributed by atoms with E-state index in [-0.39, 0.29) is 17.8 Å². The summed E-state index contributed by atoms with van der Waals surface area (Å²) in [7, 11) is 0. The van der Waals surface area contributed by atoms with E-state index >= 15 is 0 Å². The van der Waals surface area contributed by atoms with E-state index in [0.717, 1.165) is 30.0 Å². The van der Waals surface area contributed by atoms with Gasteiger partial charge >= 0.3 is 5.97 Å². The van der Waals surface area contributed by atoms with E-state index in [9.17, 15) is 9.59 Å². The van der Waals surface area contributed by atoms with Gasteiger partial charge in [0.2, 0.25) is 5.91 Å². The van der Waals surface area contributed by atoms with Gasteiger partial charge in [-0.3, -0.25) is 4.79 Å². The molecular weight excluding hydrogens is 420 g/mol. The van der Waals surface area contributed by atoms with Crippen molar-refractivity contribution in [1.29, 1.82) is 0 Å². The van der Waals surface area contributed by atoms with Gasteiger partial charge in [-0.15, -0.1) is 0 Å². The highest BCUT2D eigenvalue weighted by Gasteiger charge is 2.33. The van der Waals surface area contributed by atoms with Crippen LogP contribution >= 0.6 is 0 Å². The number of carbonyl (C=O) groups is 2. The van der Waals surface area contributed by atoms with Crippen molar-refractivity contribution in [2.24, 2.45) is 5.92 Å². The van der Waals surface area contributed by atoms with Gasteiger partial charge in [-0.1, -0.05) is 13.3 Å². The van der Waals surface area contributed by atoms with E-state index in [0.29, 0.717) is 36.8 Å². The number of hydrogen-bond donors (Lipinski definition) is 1. The second-order valence-electron chi connectivity index (χ2n) is 8.23. The molecule has 0 unspecified atom stereocenters. The molecule has 1 aliphatic heterocycles. The number of anilines is 2. The lowest BCUT2D eigenvalue weighted by Crippen LogP contribution is -2.52. The summed E-state index contributed by atoms with van der Waals surface area (Å²) < 4.78 is 6.99. The molecule has 3 aromatic rings. The number of carbonyl (C=O) groups excluding carboxylic acids is 2. The van der Waals surface area contributed by atoms with Gasteiger partial charge in [0, 0.05) is 30.5 Å². The van der Waals surface area contributed by atoms with Crippen LogP contribution in [0.3, 0.4) is 0 Å². The molecule has 0 bridgehead atoms. The molecule has 1 saturated heterocycles. The lowest BCUT2D eigenvalue weighted by molar-refractivity contribution is -0.120. The average molecular weight is 449 g/mol. The minimum absolute atomic E-state index is 0.0580. The lowest BCUT2D eigenvalue weighted by atomic mass is 9.99. The van der Waals surface area contributed by atoms with Crippen molar-refractivity contribution in [2.75, 3.05) is 29.9 Å². The summed E-state index contributed by atoms with van der Waals surface area (Å²) in [5, 5.41) is 7.38. The van der Waals surface area contributed by atoms with E-state index < -0.39 is 0 Å². The summed E-state index contributed by atoms with van der Waals surface area (Å²) in [6.07, 6.45) is 3.33. The van der Waals surface area contributed by atoms with E-state index in [2.05, 4.69) is 20.4 Å². The Balaban J connectivity index is 1.31. The topological polar surface area (TPSA) is 102 Å². The molecule has 1 aliphatic rings. The van der Waals surface area contributed by atoms with E-state index in [1.54, 1.807) is 28.9 Å². The second kappa shape index (κ2) is 9.81. The zero-order chi connectivity index (χ0) is 23.4. The van der Waals surface area contributed by atoms with Crippen molar-refractivity contribution in [2.45, 2.75) is 33.6 Å². The van der Waals surface area contributed by atoms with Crippen LogP contribution in [-0.2, 0) is 9.53 Å². The molecule has 3 heterocycles. The van der Waals surface area contributed by atoms with Crippen molar-refractivity contribution < 1.29 is 14.3 Å². The van der Waals surface area contributed by atoms with Crippen LogP contribution in [0.2, 0.25) is 0 Å². The molecule has 1 amide bonds. The van der Waals surface area contributed by atoms with Crippen molar-refractivity contribution >= 4 is 23.4 Å². The van der Waals surface area contributed by atoms with Gasteiger partial charge in [-0.25, -0.2) is 19.4 Å². The first-order valence-electron chi connectivity index (χ1n) is 11.1. The summed E-state index contributed by atoms with van der Waals surface area (Å²) >= 11 is 0. The van der Waals surface area contributed by atoms with E-state index in [4.69, 9.17) is 4.74 Å². The number of esters is 1. The van der Waals surface area contributed by atoms with Gasteiger partial charge in [0.05, 0.1) is 23.8 Å². The van der Waals surface area contributed by atoms with Crippen molar-refractivity contribution in [1.82, 2.24) is 19.7 Å². The first-order chi connectivity index (χ1) is 15.9. The Hall–Kier alpha value is -3.75. The first kappa shape index (κ1) is 22.4. The van der Waals surface area contributed by atoms with Crippen molar-refractivity contribution in [3.8, 4) is 5.82 Å². The highest BCUT2D eigenvalue weighted by molar-refractivity contribution is 5.95. The molecule has 0 aliphatic carbocycles. The number of benzene rings is 1. The molecule has 0 saturated carbocycles. The molecule has 1 aromatic carbocycles. The molecule has 2 aromatic heterocycles. The van der Waals surface area contributed by atoms with Crippen molar-refractivity contribution in [3.05, 3.63) is 59.7 Å². The van der Waals surface area contributed by atoms with Crippen molar-refractivity contribution in [3.63, 3.8) is 0 Å². The van der Waals surface area contributed by atoms with Gasteiger partial charge < -0.3 is 15.0 Å². The highest BCUT2D eigenvalue weighted by atomic mass is 16.5. The van der Waals surface area contributed by atoms with Crippen LogP contribution in [0.15, 0.2) is 42.7 Å². The Morgan fingerprint density at radius 3 is 2.48 bits per heavy atom. The third kappa shape index (κ3) is 5.19. The van der Waals surface area contributed by atoms with Crippen LogP contribution in [0, 0.1) is 19.8 Å². The van der Waals surface area contributed by atoms with Crippen LogP contribution in [-0.4, -0.2) is 51.3 Å². The third-order valence-electron chi connectivity index (χ3n) is 5.56. The molecule has 0 radical (unpaired) electrons.